The highest BCUT2D eigenvalue weighted by atomic mass is 16.5. The van der Waals surface area contributed by atoms with E-state index in [1.165, 1.54) is 12.8 Å². The Morgan fingerprint density at radius 2 is 1.44 bits per heavy atom. The summed E-state index contributed by atoms with van der Waals surface area (Å²) in [6.45, 7) is 0. The number of hydrogen-bond acceptors (Lipinski definition) is 4. The van der Waals surface area contributed by atoms with Gasteiger partial charge in [0.2, 0.25) is 11.8 Å². The van der Waals surface area contributed by atoms with Crippen LogP contribution in [-0.2, 0) is 4.74 Å². The zero-order valence-corrected chi connectivity index (χ0v) is 17.8. The van der Waals surface area contributed by atoms with Gasteiger partial charge in [-0.2, -0.15) is 0 Å². The average Bonchev–Trinajstić information content (AvgIpc) is 3.48. The van der Waals surface area contributed by atoms with Gasteiger partial charge in [-0.3, -0.25) is 0 Å². The summed E-state index contributed by atoms with van der Waals surface area (Å²) in [5.74, 6) is 1.46. The molecule has 1 fully saturated rings. The van der Waals surface area contributed by atoms with Crippen LogP contribution in [0.2, 0.25) is 0 Å². The lowest BCUT2D eigenvalue weighted by Gasteiger charge is -2.21. The molecule has 4 heteroatoms. The van der Waals surface area contributed by atoms with E-state index in [2.05, 4.69) is 53.5 Å². The molecule has 1 aliphatic carbocycles. The van der Waals surface area contributed by atoms with Crippen LogP contribution in [0.1, 0.15) is 42.4 Å². The highest BCUT2D eigenvalue weighted by Crippen LogP contribution is 2.30. The molecule has 2 unspecified atom stereocenters. The number of ether oxygens (including phenoxy) is 1. The molecule has 2 atom stereocenters. The van der Waals surface area contributed by atoms with Crippen LogP contribution >= 0.6 is 0 Å². The van der Waals surface area contributed by atoms with E-state index in [-0.39, 0.29) is 6.10 Å². The van der Waals surface area contributed by atoms with Crippen LogP contribution in [0.3, 0.4) is 0 Å². The number of benzene rings is 3. The van der Waals surface area contributed by atoms with Crippen LogP contribution in [0.25, 0.3) is 34.7 Å². The quantitative estimate of drug-likeness (QED) is 0.343. The van der Waals surface area contributed by atoms with Crippen molar-refractivity contribution in [1.82, 2.24) is 4.98 Å². The molecule has 0 bridgehead atoms. The Hall–Kier alpha value is -3.66. The second-order valence-corrected chi connectivity index (χ2v) is 8.51. The Kier molecular flexibility index (Phi) is 4.83. The third-order valence-electron chi connectivity index (χ3n) is 6.29. The first-order valence-electron chi connectivity index (χ1n) is 11.3. The minimum absolute atomic E-state index is 0.288. The molecule has 4 nitrogen and oxygen atoms in total. The first-order chi connectivity index (χ1) is 15.8. The molecular formula is C28H24N2O2. The van der Waals surface area contributed by atoms with Gasteiger partial charge >= 0.3 is 0 Å². The smallest absolute Gasteiger partial charge is 0.227 e. The van der Waals surface area contributed by atoms with E-state index < -0.39 is 0 Å². The van der Waals surface area contributed by atoms with Crippen LogP contribution in [0, 0.1) is 0 Å². The summed E-state index contributed by atoms with van der Waals surface area (Å²) in [7, 11) is 0. The first kappa shape index (κ1) is 19.1. The number of hydrogen-bond donors (Lipinski definition) is 0. The first-order valence-corrected chi connectivity index (χ1v) is 11.3. The van der Waals surface area contributed by atoms with E-state index in [0.717, 1.165) is 52.1 Å². The Morgan fingerprint density at radius 1 is 0.750 bits per heavy atom. The van der Waals surface area contributed by atoms with Gasteiger partial charge in [0.05, 0.1) is 6.04 Å². The third-order valence-corrected chi connectivity index (χ3v) is 6.29. The van der Waals surface area contributed by atoms with Crippen LogP contribution in [0.15, 0.2) is 82.2 Å². The molecule has 0 radical (unpaired) electrons. The normalized spacial score (nSPS) is 20.3. The SMILES string of the molecule is C(=C\c1ccc(-c2nc3ccccc3o2)cc1)/c1ccc(C2=NC3CCCCC3O2)cc1. The van der Waals surface area contributed by atoms with E-state index in [0.29, 0.717) is 11.9 Å². The highest BCUT2D eigenvalue weighted by Gasteiger charge is 2.33. The van der Waals surface area contributed by atoms with E-state index >= 15 is 0 Å². The Balaban J connectivity index is 1.14. The van der Waals surface area contributed by atoms with E-state index in [9.17, 15) is 0 Å². The number of fused-ring (bicyclic) bond motifs is 2. The number of aliphatic imine (C=N–C) groups is 1. The van der Waals surface area contributed by atoms with Gasteiger partial charge in [0.15, 0.2) is 5.58 Å². The molecule has 4 aromatic rings. The Morgan fingerprint density at radius 3 is 2.16 bits per heavy atom. The summed E-state index contributed by atoms with van der Waals surface area (Å²) in [4.78, 5) is 9.38. The Bertz CT molecular complexity index is 1270. The van der Waals surface area contributed by atoms with Crippen molar-refractivity contribution in [2.75, 3.05) is 0 Å². The summed E-state index contributed by atoms with van der Waals surface area (Å²) in [6, 6.07) is 24.9. The zero-order chi connectivity index (χ0) is 21.3. The molecule has 0 amide bonds. The third kappa shape index (κ3) is 3.73. The fourth-order valence-electron chi connectivity index (χ4n) is 4.49. The minimum atomic E-state index is 0.288. The number of para-hydroxylation sites is 2. The van der Waals surface area contributed by atoms with E-state index in [1.54, 1.807) is 0 Å². The van der Waals surface area contributed by atoms with Gasteiger partial charge in [-0.25, -0.2) is 9.98 Å². The minimum Gasteiger partial charge on any atom is -0.472 e. The highest BCUT2D eigenvalue weighted by molar-refractivity contribution is 5.95. The van der Waals surface area contributed by atoms with Crippen molar-refractivity contribution in [2.45, 2.75) is 37.8 Å². The predicted octanol–water partition coefficient (Wildman–Crippen LogP) is 6.75. The summed E-state index contributed by atoms with van der Waals surface area (Å²) in [5.41, 5.74) is 6.00. The van der Waals surface area contributed by atoms with Crippen molar-refractivity contribution in [3.63, 3.8) is 0 Å². The molecule has 1 aliphatic heterocycles. The second-order valence-electron chi connectivity index (χ2n) is 8.51. The van der Waals surface area contributed by atoms with Gasteiger partial charge in [-0.1, -0.05) is 55.0 Å². The fourth-order valence-corrected chi connectivity index (χ4v) is 4.49. The fraction of sp³-hybridized carbons (Fsp3) is 0.214. The molecule has 1 saturated carbocycles. The molecule has 2 heterocycles. The van der Waals surface area contributed by atoms with Crippen molar-refractivity contribution in [2.24, 2.45) is 4.99 Å². The molecule has 6 rings (SSSR count). The molecule has 1 aromatic heterocycles. The van der Waals surface area contributed by atoms with Crippen molar-refractivity contribution < 1.29 is 9.15 Å². The average molecular weight is 421 g/mol. The second kappa shape index (κ2) is 8.12. The maximum Gasteiger partial charge on any atom is 0.227 e. The van der Waals surface area contributed by atoms with Crippen LogP contribution < -0.4 is 0 Å². The molecule has 3 aromatic carbocycles. The lowest BCUT2D eigenvalue weighted by atomic mass is 9.94. The van der Waals surface area contributed by atoms with Crippen molar-refractivity contribution in [1.29, 1.82) is 0 Å². The zero-order valence-electron chi connectivity index (χ0n) is 17.8. The molecular weight excluding hydrogens is 396 g/mol. The van der Waals surface area contributed by atoms with Crippen LogP contribution in [0.4, 0.5) is 0 Å². The van der Waals surface area contributed by atoms with Crippen molar-refractivity contribution >= 4 is 29.1 Å². The molecule has 158 valence electrons. The number of oxazole rings is 1. The summed E-state index contributed by atoms with van der Waals surface area (Å²) < 4.78 is 12.0. The number of aromatic nitrogens is 1. The molecule has 0 spiro atoms. The van der Waals surface area contributed by atoms with Gasteiger partial charge in [-0.05, 0) is 66.8 Å². The Labute approximate surface area is 187 Å². The standard InChI is InChI=1S/C28H24N2O2/c1-3-7-25-23(5-1)29-27(31-25)21-15-11-19(12-16-21)9-10-20-13-17-22(18-14-20)28-30-24-6-2-4-8-26(24)32-28/h1,3,5,7,9-18,24,26H,2,4,6,8H2/b10-9+. The summed E-state index contributed by atoms with van der Waals surface area (Å²) in [6.07, 6.45) is 9.32. The molecule has 0 N–H and O–H groups in total. The monoisotopic (exact) mass is 420 g/mol. The molecule has 2 aliphatic rings. The van der Waals surface area contributed by atoms with Crippen LogP contribution in [-0.4, -0.2) is 23.0 Å². The maximum absolute atomic E-state index is 6.11. The van der Waals surface area contributed by atoms with Gasteiger partial charge in [0.25, 0.3) is 0 Å². The topological polar surface area (TPSA) is 47.6 Å². The van der Waals surface area contributed by atoms with Gasteiger partial charge in [0, 0.05) is 11.1 Å². The van der Waals surface area contributed by atoms with Gasteiger partial charge in [0.1, 0.15) is 11.6 Å². The summed E-state index contributed by atoms with van der Waals surface area (Å²) >= 11 is 0. The van der Waals surface area contributed by atoms with E-state index in [1.807, 2.05) is 36.4 Å². The van der Waals surface area contributed by atoms with Gasteiger partial charge in [-0.15, -0.1) is 0 Å². The largest absolute Gasteiger partial charge is 0.472 e. The van der Waals surface area contributed by atoms with Crippen molar-refractivity contribution in [3.05, 3.63) is 89.5 Å². The van der Waals surface area contributed by atoms with Gasteiger partial charge < -0.3 is 9.15 Å². The van der Waals surface area contributed by atoms with E-state index in [4.69, 9.17) is 14.1 Å². The predicted molar refractivity (Wildman–Crippen MR) is 128 cm³/mol. The number of nitrogens with zero attached hydrogens (tertiary/aromatic N) is 2. The molecule has 32 heavy (non-hydrogen) atoms. The lowest BCUT2D eigenvalue weighted by molar-refractivity contribution is 0.153. The van der Waals surface area contributed by atoms with Crippen LogP contribution in [0.5, 0.6) is 0 Å². The maximum atomic E-state index is 6.11. The van der Waals surface area contributed by atoms with Crippen molar-refractivity contribution in [3.8, 4) is 11.5 Å². The summed E-state index contributed by atoms with van der Waals surface area (Å²) in [5, 5.41) is 0. The number of rotatable bonds is 4. The molecule has 0 saturated heterocycles. The lowest BCUT2D eigenvalue weighted by Crippen LogP contribution is -2.26.